The first-order valence-electron chi connectivity index (χ1n) is 11.5. The second-order valence-electron chi connectivity index (χ2n) is 8.51. The normalized spacial score (nSPS) is 12.4. The van der Waals surface area contributed by atoms with Crippen molar-refractivity contribution in [1.82, 2.24) is 20.2 Å². The molecule has 0 aliphatic heterocycles. The van der Waals surface area contributed by atoms with Crippen molar-refractivity contribution in [2.45, 2.75) is 39.8 Å². The minimum atomic E-state index is -1.22. The number of hydrogen-bond donors (Lipinski definition) is 6. The number of amides is 1. The molecule has 36 heavy (non-hydrogen) atoms. The van der Waals surface area contributed by atoms with E-state index in [1.165, 1.54) is 0 Å². The molecule has 0 radical (unpaired) electrons. The molecule has 1 atom stereocenters. The number of aryl methyl sites for hydroxylation is 1. The van der Waals surface area contributed by atoms with Gasteiger partial charge in [0.05, 0.1) is 24.1 Å². The van der Waals surface area contributed by atoms with Crippen molar-refractivity contribution in [1.29, 1.82) is 5.41 Å². The molecule has 194 valence electrons. The summed E-state index contributed by atoms with van der Waals surface area (Å²) in [6, 6.07) is 11.0. The molecule has 1 amide bonds. The molecule has 10 nitrogen and oxygen atoms in total. The number of halogens is 1. The third-order valence-corrected chi connectivity index (χ3v) is 6.22. The summed E-state index contributed by atoms with van der Waals surface area (Å²) in [5, 5.41) is 23.0. The van der Waals surface area contributed by atoms with Gasteiger partial charge in [-0.25, -0.2) is 4.98 Å². The first-order chi connectivity index (χ1) is 16.6. The zero-order valence-electron chi connectivity index (χ0n) is 20.9. The number of aromatic nitrogens is 2. The van der Waals surface area contributed by atoms with Gasteiger partial charge in [-0.15, -0.1) is 12.4 Å². The highest BCUT2D eigenvalue weighted by atomic mass is 35.5. The summed E-state index contributed by atoms with van der Waals surface area (Å²) in [5.74, 6) is -0.486. The number of aromatic amines is 1. The number of carboxylic acids is 1. The van der Waals surface area contributed by atoms with E-state index < -0.39 is 11.5 Å². The van der Waals surface area contributed by atoms with Gasteiger partial charge < -0.3 is 26.0 Å². The molecule has 1 aromatic heterocycles. The van der Waals surface area contributed by atoms with Gasteiger partial charge in [-0.1, -0.05) is 6.07 Å². The minimum Gasteiger partial charge on any atom is -0.480 e. The third-order valence-electron chi connectivity index (χ3n) is 6.22. The van der Waals surface area contributed by atoms with Crippen LogP contribution in [0.3, 0.4) is 0 Å². The number of amidine groups is 1. The van der Waals surface area contributed by atoms with Crippen molar-refractivity contribution in [2.24, 2.45) is 5.73 Å². The summed E-state index contributed by atoms with van der Waals surface area (Å²) in [7, 11) is 0. The largest absolute Gasteiger partial charge is 0.480 e. The number of carbonyl (C=O) groups excluding carboxylic acids is 1. The van der Waals surface area contributed by atoms with Gasteiger partial charge in [-0.2, -0.15) is 0 Å². The van der Waals surface area contributed by atoms with E-state index in [0.29, 0.717) is 36.6 Å². The van der Waals surface area contributed by atoms with Gasteiger partial charge in [-0.05, 0) is 69.2 Å². The Morgan fingerprint density at radius 2 is 1.81 bits per heavy atom. The minimum absolute atomic E-state index is 0. The number of carbonyl (C=O) groups is 2. The molecule has 0 saturated heterocycles. The second kappa shape index (κ2) is 11.9. The lowest BCUT2D eigenvalue weighted by Crippen LogP contribution is -2.55. The van der Waals surface area contributed by atoms with Crippen molar-refractivity contribution < 1.29 is 14.7 Å². The Labute approximate surface area is 216 Å². The lowest BCUT2D eigenvalue weighted by Gasteiger charge is -2.35. The fraction of sp³-hybridized carbons (Fsp3) is 0.360. The average Bonchev–Trinajstić information content (AvgIpc) is 3.26. The van der Waals surface area contributed by atoms with E-state index in [1.54, 1.807) is 24.0 Å². The van der Waals surface area contributed by atoms with Crippen molar-refractivity contribution in [2.75, 3.05) is 25.0 Å². The van der Waals surface area contributed by atoms with E-state index in [9.17, 15) is 14.7 Å². The van der Waals surface area contributed by atoms with Gasteiger partial charge in [0.15, 0.2) is 0 Å². The van der Waals surface area contributed by atoms with Crippen molar-refractivity contribution in [3.05, 3.63) is 58.9 Å². The summed E-state index contributed by atoms with van der Waals surface area (Å²) in [6.07, 6.45) is 0. The van der Waals surface area contributed by atoms with Crippen LogP contribution in [0.15, 0.2) is 36.4 Å². The lowest BCUT2D eigenvalue weighted by molar-refractivity contribution is -0.140. The zero-order chi connectivity index (χ0) is 25.8. The quantitative estimate of drug-likeness (QED) is 0.169. The molecule has 2 aromatic carbocycles. The zero-order valence-corrected chi connectivity index (χ0v) is 21.8. The summed E-state index contributed by atoms with van der Waals surface area (Å²) in [5.41, 5.74) is 8.84. The Bertz CT molecular complexity index is 1240. The Balaban J connectivity index is 0.00000456. The summed E-state index contributed by atoms with van der Waals surface area (Å²) >= 11 is 0. The summed E-state index contributed by atoms with van der Waals surface area (Å²) < 4.78 is 0. The molecular weight excluding hydrogens is 482 g/mol. The number of nitrogens with one attached hydrogen (secondary N) is 4. The maximum atomic E-state index is 13.5. The first kappa shape index (κ1) is 28.6. The molecule has 11 heteroatoms. The number of likely N-dealkylation sites (N-methyl/N-ethyl adjacent to an activating group) is 1. The number of rotatable bonds is 11. The maximum absolute atomic E-state index is 13.5. The number of nitrogens with zero attached hydrogens (tertiary/aromatic N) is 2. The average molecular weight is 516 g/mol. The first-order valence-corrected chi connectivity index (χ1v) is 11.5. The second-order valence-corrected chi connectivity index (χ2v) is 8.51. The van der Waals surface area contributed by atoms with Gasteiger partial charge in [0.1, 0.15) is 17.2 Å². The molecule has 0 spiro atoms. The summed E-state index contributed by atoms with van der Waals surface area (Å²) in [4.78, 5) is 34.5. The van der Waals surface area contributed by atoms with E-state index in [0.717, 1.165) is 22.3 Å². The fourth-order valence-electron chi connectivity index (χ4n) is 4.21. The van der Waals surface area contributed by atoms with Crippen LogP contribution in [0.5, 0.6) is 0 Å². The highest BCUT2D eigenvalue weighted by Gasteiger charge is 2.39. The number of carboxylic acid groups (broad SMARTS) is 1. The molecule has 0 fully saturated rings. The topological polar surface area (TPSA) is 160 Å². The highest BCUT2D eigenvalue weighted by molar-refractivity contribution is 5.95. The number of anilines is 1. The van der Waals surface area contributed by atoms with E-state index in [4.69, 9.17) is 16.1 Å². The van der Waals surface area contributed by atoms with Crippen LogP contribution in [0, 0.1) is 12.3 Å². The molecule has 0 aliphatic carbocycles. The summed E-state index contributed by atoms with van der Waals surface area (Å²) in [6.45, 7) is 8.55. The predicted molar refractivity (Wildman–Crippen MR) is 144 cm³/mol. The molecule has 0 saturated carbocycles. The Kier molecular flexibility index (Phi) is 9.43. The number of H-pyrrole nitrogens is 1. The number of imidazole rings is 1. The molecular formula is C25H34ClN7O3. The smallest absolute Gasteiger partial charge is 0.317 e. The lowest BCUT2D eigenvalue weighted by atomic mass is 9.86. The predicted octanol–water partition coefficient (Wildman–Crippen LogP) is 2.95. The van der Waals surface area contributed by atoms with Crippen LogP contribution in [-0.4, -0.2) is 57.3 Å². The molecule has 3 aromatic rings. The van der Waals surface area contributed by atoms with Crippen LogP contribution in [0.1, 0.15) is 43.3 Å². The van der Waals surface area contributed by atoms with Crippen molar-refractivity contribution in [3.8, 4) is 0 Å². The molecule has 1 unspecified atom stereocenters. The van der Waals surface area contributed by atoms with Crippen LogP contribution in [0.25, 0.3) is 11.0 Å². The van der Waals surface area contributed by atoms with E-state index in [2.05, 4.69) is 15.6 Å². The van der Waals surface area contributed by atoms with Gasteiger partial charge in [0, 0.05) is 24.3 Å². The molecule has 1 heterocycles. The monoisotopic (exact) mass is 515 g/mol. The van der Waals surface area contributed by atoms with Gasteiger partial charge in [0.25, 0.3) is 0 Å². The van der Waals surface area contributed by atoms with Crippen LogP contribution in [0.4, 0.5) is 5.69 Å². The van der Waals surface area contributed by atoms with Crippen LogP contribution >= 0.6 is 12.4 Å². The number of benzene rings is 2. The van der Waals surface area contributed by atoms with E-state index >= 15 is 0 Å². The van der Waals surface area contributed by atoms with Crippen LogP contribution in [-0.2, 0) is 21.7 Å². The van der Waals surface area contributed by atoms with Crippen molar-refractivity contribution in [3.63, 3.8) is 0 Å². The van der Waals surface area contributed by atoms with Gasteiger partial charge in [-0.3, -0.25) is 20.3 Å². The highest BCUT2D eigenvalue weighted by Crippen LogP contribution is 2.31. The number of aliphatic carboxylic acids is 1. The Morgan fingerprint density at radius 3 is 2.36 bits per heavy atom. The Morgan fingerprint density at radius 1 is 1.17 bits per heavy atom. The third kappa shape index (κ3) is 5.95. The van der Waals surface area contributed by atoms with Gasteiger partial charge >= 0.3 is 5.97 Å². The van der Waals surface area contributed by atoms with E-state index in [-0.39, 0.29) is 30.7 Å². The molecule has 3 rings (SSSR count). The number of fused-ring (bicyclic) bond motifs is 1. The number of hydrogen-bond acceptors (Lipinski definition) is 6. The maximum Gasteiger partial charge on any atom is 0.317 e. The standard InChI is InChI=1S/C25H33N7O3.ClH/c1-5-32(6-2)24(35)25(4,29-14-21(33)34)18-11-12-19-22(15(18)3)31-20(30-19)13-28-17-9-7-16(8-10-17)23(26)27;/h7-12,28-29H,5-6,13-14H2,1-4H3,(H3,26,27)(H,30,31)(H,33,34);1H. The number of nitrogens with two attached hydrogens (primary N) is 1. The van der Waals surface area contributed by atoms with Crippen LogP contribution in [0.2, 0.25) is 0 Å². The van der Waals surface area contributed by atoms with Gasteiger partial charge in [0.2, 0.25) is 5.91 Å². The molecule has 7 N–H and O–H groups in total. The number of nitrogen functional groups attached to an aromatic ring is 1. The molecule has 0 aliphatic rings. The SMILES string of the molecule is CCN(CC)C(=O)C(C)(NCC(=O)O)c1ccc2[nH]c(CNc3ccc(C(=N)N)cc3)nc2c1C.Cl. The van der Waals surface area contributed by atoms with Crippen LogP contribution < -0.4 is 16.4 Å². The van der Waals surface area contributed by atoms with Crippen molar-refractivity contribution >= 4 is 46.8 Å². The van der Waals surface area contributed by atoms with E-state index in [1.807, 2.05) is 45.0 Å². The fourth-order valence-corrected chi connectivity index (χ4v) is 4.21. The molecule has 0 bridgehead atoms. The Hall–Kier alpha value is -3.63.